The lowest BCUT2D eigenvalue weighted by molar-refractivity contribution is 0.102. The lowest BCUT2D eigenvalue weighted by Gasteiger charge is -2.18. The average Bonchev–Trinajstić information content (AvgIpc) is 3.04. The van der Waals surface area contributed by atoms with Crippen LogP contribution in [0.5, 0.6) is 5.75 Å². The predicted molar refractivity (Wildman–Crippen MR) is 107 cm³/mol. The highest BCUT2D eigenvalue weighted by Crippen LogP contribution is 2.40. The van der Waals surface area contributed by atoms with Crippen molar-refractivity contribution in [2.24, 2.45) is 5.92 Å². The molecule has 6 heteroatoms. The molecule has 4 nitrogen and oxygen atoms in total. The van der Waals surface area contributed by atoms with E-state index in [-0.39, 0.29) is 5.78 Å². The number of benzene rings is 1. The number of thiophene rings is 1. The number of Topliss-reactive ketones (excluding diaryl/α,β-unsaturated/α-hetero) is 1. The molecular formula is C20H20N2O2S2. The van der Waals surface area contributed by atoms with Crippen molar-refractivity contribution < 1.29 is 9.53 Å². The molecule has 1 aliphatic carbocycles. The zero-order valence-corrected chi connectivity index (χ0v) is 16.5. The molecule has 1 unspecified atom stereocenters. The molecule has 1 aliphatic rings. The number of hydrogen-bond donors (Lipinski definition) is 0. The fourth-order valence-corrected chi connectivity index (χ4v) is 5.70. The number of aryl methyl sites for hydroxylation is 1. The topological polar surface area (TPSA) is 52.1 Å². The van der Waals surface area contributed by atoms with Gasteiger partial charge in [0.15, 0.2) is 5.78 Å². The molecule has 0 saturated heterocycles. The number of rotatable bonds is 5. The van der Waals surface area contributed by atoms with Crippen LogP contribution in [-0.4, -0.2) is 28.6 Å². The van der Waals surface area contributed by atoms with Crippen LogP contribution in [0.25, 0.3) is 10.2 Å². The first-order valence-electron chi connectivity index (χ1n) is 8.71. The van der Waals surface area contributed by atoms with Crippen molar-refractivity contribution in [1.29, 1.82) is 0 Å². The summed E-state index contributed by atoms with van der Waals surface area (Å²) in [5.41, 5.74) is 2.07. The lowest BCUT2D eigenvalue weighted by atomic mass is 9.89. The number of hydrogen-bond acceptors (Lipinski definition) is 6. The minimum absolute atomic E-state index is 0.0818. The van der Waals surface area contributed by atoms with Gasteiger partial charge >= 0.3 is 0 Å². The SMILES string of the molecule is COc1cccc(C(=O)CSc2ncnc3sc4c(c23)CCC(C)C4)c1. The van der Waals surface area contributed by atoms with Crippen LogP contribution in [0.4, 0.5) is 0 Å². The molecule has 0 radical (unpaired) electrons. The summed E-state index contributed by atoms with van der Waals surface area (Å²) in [5.74, 6) is 1.87. The second-order valence-corrected chi connectivity index (χ2v) is 8.70. The largest absolute Gasteiger partial charge is 0.497 e. The van der Waals surface area contributed by atoms with E-state index in [4.69, 9.17) is 4.74 Å². The number of thioether (sulfide) groups is 1. The summed E-state index contributed by atoms with van der Waals surface area (Å²) in [6.07, 6.45) is 5.04. The monoisotopic (exact) mass is 384 g/mol. The van der Waals surface area contributed by atoms with E-state index in [2.05, 4.69) is 16.9 Å². The quantitative estimate of drug-likeness (QED) is 0.359. The van der Waals surface area contributed by atoms with Gasteiger partial charge in [0.2, 0.25) is 0 Å². The number of aromatic nitrogens is 2. The molecule has 134 valence electrons. The molecule has 1 atom stereocenters. The molecular weight excluding hydrogens is 364 g/mol. The maximum atomic E-state index is 12.6. The van der Waals surface area contributed by atoms with E-state index in [1.54, 1.807) is 30.8 Å². The van der Waals surface area contributed by atoms with Gasteiger partial charge in [-0.05, 0) is 42.9 Å². The van der Waals surface area contributed by atoms with Gasteiger partial charge in [-0.1, -0.05) is 30.8 Å². The van der Waals surface area contributed by atoms with E-state index in [1.807, 2.05) is 18.2 Å². The normalized spacial score (nSPS) is 16.5. The Morgan fingerprint density at radius 1 is 1.38 bits per heavy atom. The maximum Gasteiger partial charge on any atom is 0.173 e. The smallest absolute Gasteiger partial charge is 0.173 e. The van der Waals surface area contributed by atoms with E-state index in [0.29, 0.717) is 17.1 Å². The van der Waals surface area contributed by atoms with E-state index < -0.39 is 0 Å². The number of fused-ring (bicyclic) bond motifs is 3. The Labute approximate surface area is 161 Å². The number of ether oxygens (including phenoxy) is 1. The minimum atomic E-state index is 0.0818. The fraction of sp³-hybridized carbons (Fsp3) is 0.350. The van der Waals surface area contributed by atoms with E-state index in [1.165, 1.54) is 34.0 Å². The van der Waals surface area contributed by atoms with Crippen molar-refractivity contribution in [3.05, 3.63) is 46.6 Å². The molecule has 26 heavy (non-hydrogen) atoms. The number of carbonyl (C=O) groups is 1. The lowest BCUT2D eigenvalue weighted by Crippen LogP contribution is -2.09. The Bertz CT molecular complexity index is 968. The third-order valence-electron chi connectivity index (χ3n) is 4.79. The summed E-state index contributed by atoms with van der Waals surface area (Å²) in [7, 11) is 1.61. The number of methoxy groups -OCH3 is 1. The summed E-state index contributed by atoms with van der Waals surface area (Å²) >= 11 is 3.30. The zero-order chi connectivity index (χ0) is 18.1. The van der Waals surface area contributed by atoms with Crippen LogP contribution in [0.2, 0.25) is 0 Å². The van der Waals surface area contributed by atoms with Crippen molar-refractivity contribution in [1.82, 2.24) is 9.97 Å². The summed E-state index contributed by atoms with van der Waals surface area (Å²) in [6.45, 7) is 2.31. The summed E-state index contributed by atoms with van der Waals surface area (Å²) < 4.78 is 5.21. The van der Waals surface area contributed by atoms with Gasteiger partial charge in [-0.3, -0.25) is 4.79 Å². The van der Waals surface area contributed by atoms with Gasteiger partial charge in [-0.15, -0.1) is 11.3 Å². The van der Waals surface area contributed by atoms with Gasteiger partial charge in [0.1, 0.15) is 21.9 Å². The summed E-state index contributed by atoms with van der Waals surface area (Å²) in [6, 6.07) is 7.30. The second kappa shape index (κ2) is 7.37. The summed E-state index contributed by atoms with van der Waals surface area (Å²) in [5, 5.41) is 2.10. The standard InChI is InChI=1S/C20H20N2O2S2/c1-12-6-7-15-17(8-12)26-20-18(15)19(21-11-22-20)25-10-16(23)13-4-3-5-14(9-13)24-2/h3-5,9,11-12H,6-8,10H2,1-2H3. The van der Waals surface area contributed by atoms with E-state index >= 15 is 0 Å². The minimum Gasteiger partial charge on any atom is -0.497 e. The number of ketones is 1. The first kappa shape index (κ1) is 17.5. The van der Waals surface area contributed by atoms with E-state index in [9.17, 15) is 4.79 Å². The van der Waals surface area contributed by atoms with Crippen molar-refractivity contribution in [2.75, 3.05) is 12.9 Å². The first-order valence-corrected chi connectivity index (χ1v) is 10.5. The summed E-state index contributed by atoms with van der Waals surface area (Å²) in [4.78, 5) is 24.0. The molecule has 0 aliphatic heterocycles. The van der Waals surface area contributed by atoms with Crippen LogP contribution < -0.4 is 4.74 Å². The van der Waals surface area contributed by atoms with Gasteiger partial charge < -0.3 is 4.74 Å². The number of nitrogens with zero attached hydrogens (tertiary/aromatic N) is 2. The molecule has 3 aromatic rings. The van der Waals surface area contributed by atoms with Gasteiger partial charge in [-0.25, -0.2) is 9.97 Å². The molecule has 0 saturated carbocycles. The Hall–Kier alpha value is -1.92. The molecule has 0 fully saturated rings. The Morgan fingerprint density at radius 3 is 3.12 bits per heavy atom. The van der Waals surface area contributed by atoms with Crippen LogP contribution in [0, 0.1) is 5.92 Å². The molecule has 2 aromatic heterocycles. The highest BCUT2D eigenvalue weighted by molar-refractivity contribution is 8.00. The third-order valence-corrected chi connectivity index (χ3v) is 6.94. The van der Waals surface area contributed by atoms with Crippen LogP contribution in [0.1, 0.15) is 34.1 Å². The molecule has 1 aromatic carbocycles. The maximum absolute atomic E-state index is 12.6. The third kappa shape index (κ3) is 3.35. The van der Waals surface area contributed by atoms with Gasteiger partial charge in [-0.2, -0.15) is 0 Å². The molecule has 0 amide bonds. The van der Waals surface area contributed by atoms with Crippen molar-refractivity contribution in [3.8, 4) is 5.75 Å². The fourth-order valence-electron chi connectivity index (χ4n) is 3.37. The van der Waals surface area contributed by atoms with Crippen LogP contribution in [-0.2, 0) is 12.8 Å². The highest BCUT2D eigenvalue weighted by Gasteiger charge is 2.23. The van der Waals surface area contributed by atoms with E-state index in [0.717, 1.165) is 28.6 Å². The second-order valence-electron chi connectivity index (χ2n) is 6.65. The van der Waals surface area contributed by atoms with Gasteiger partial charge in [0, 0.05) is 15.8 Å². The number of carbonyl (C=O) groups excluding carboxylic acids is 1. The van der Waals surface area contributed by atoms with Crippen molar-refractivity contribution in [3.63, 3.8) is 0 Å². The van der Waals surface area contributed by atoms with Crippen molar-refractivity contribution in [2.45, 2.75) is 31.2 Å². The van der Waals surface area contributed by atoms with Crippen molar-refractivity contribution >= 4 is 39.1 Å². The Morgan fingerprint density at radius 2 is 2.27 bits per heavy atom. The van der Waals surface area contributed by atoms with Crippen LogP contribution in [0.15, 0.2) is 35.6 Å². The van der Waals surface area contributed by atoms with Gasteiger partial charge in [0.05, 0.1) is 12.9 Å². The molecule has 4 rings (SSSR count). The molecule has 0 spiro atoms. The Kier molecular flexibility index (Phi) is 4.96. The Balaban J connectivity index is 1.58. The molecule has 2 heterocycles. The van der Waals surface area contributed by atoms with Gasteiger partial charge in [0.25, 0.3) is 0 Å². The highest BCUT2D eigenvalue weighted by atomic mass is 32.2. The zero-order valence-electron chi connectivity index (χ0n) is 14.8. The van der Waals surface area contributed by atoms with Crippen LogP contribution >= 0.6 is 23.1 Å². The first-order chi connectivity index (χ1) is 12.7. The average molecular weight is 385 g/mol. The molecule has 0 N–H and O–H groups in total. The predicted octanol–water partition coefficient (Wildman–Crippen LogP) is 4.80. The van der Waals surface area contributed by atoms with Crippen LogP contribution in [0.3, 0.4) is 0 Å². The molecule has 0 bridgehead atoms.